The van der Waals surface area contributed by atoms with E-state index in [-0.39, 0.29) is 5.69 Å². The first kappa shape index (κ1) is 11.6. The van der Waals surface area contributed by atoms with Crippen LogP contribution in [0.1, 0.15) is 10.5 Å². The number of hydrogen-bond donors (Lipinski definition) is 1. The molecule has 0 radical (unpaired) electrons. The van der Waals surface area contributed by atoms with Gasteiger partial charge >= 0.3 is 5.97 Å². The van der Waals surface area contributed by atoms with Gasteiger partial charge in [-0.15, -0.1) is 0 Å². The highest BCUT2D eigenvalue weighted by molar-refractivity contribution is 9.15. The second-order valence-corrected chi connectivity index (χ2v) is 5.13. The molecule has 7 heteroatoms. The summed E-state index contributed by atoms with van der Waals surface area (Å²) in [6.07, 6.45) is 0. The average Bonchev–Trinajstić information content (AvgIpc) is 2.07. The van der Waals surface area contributed by atoms with E-state index in [0.29, 0.717) is 18.0 Å². The van der Waals surface area contributed by atoms with Crippen molar-refractivity contribution >= 4 is 69.7 Å². The molecule has 13 heavy (non-hydrogen) atoms. The van der Waals surface area contributed by atoms with Crippen molar-refractivity contribution in [3.63, 3.8) is 0 Å². The molecule has 70 valence electrons. The van der Waals surface area contributed by atoms with Crippen LogP contribution < -0.4 is 0 Å². The summed E-state index contributed by atoms with van der Waals surface area (Å²) in [6, 6.07) is 0. The second kappa shape index (κ2) is 4.37. The van der Waals surface area contributed by atoms with Crippen molar-refractivity contribution in [1.82, 2.24) is 4.98 Å². The molecule has 0 aliphatic carbocycles. The number of carboxylic acids is 1. The van der Waals surface area contributed by atoms with Crippen LogP contribution >= 0.6 is 63.7 Å². The summed E-state index contributed by atoms with van der Waals surface area (Å²) in [4.78, 5) is 14.5. The summed E-state index contributed by atoms with van der Waals surface area (Å²) >= 11 is 12.7. The number of hydrogen-bond acceptors (Lipinski definition) is 2. The Bertz CT molecular complexity index is 379. The molecular weight excluding hydrogens is 438 g/mol. The van der Waals surface area contributed by atoms with E-state index in [1.165, 1.54) is 0 Å². The Morgan fingerprint density at radius 2 is 1.62 bits per heavy atom. The van der Waals surface area contributed by atoms with Gasteiger partial charge in [-0.05, 0) is 63.7 Å². The van der Waals surface area contributed by atoms with Crippen LogP contribution in [0.2, 0.25) is 0 Å². The normalized spacial score (nSPS) is 10.2. The van der Waals surface area contributed by atoms with E-state index in [1.807, 2.05) is 0 Å². The average molecular weight is 439 g/mol. The number of aromatic carboxylic acids is 1. The Labute approximate surface area is 107 Å². The number of pyridine rings is 1. The maximum absolute atomic E-state index is 10.7. The zero-order chi connectivity index (χ0) is 10.2. The van der Waals surface area contributed by atoms with Gasteiger partial charge in [0.15, 0.2) is 5.69 Å². The molecule has 0 saturated heterocycles. The molecule has 3 nitrogen and oxygen atoms in total. The van der Waals surface area contributed by atoms with E-state index in [2.05, 4.69) is 68.7 Å². The van der Waals surface area contributed by atoms with Crippen molar-refractivity contribution in [1.29, 1.82) is 0 Å². The smallest absolute Gasteiger partial charge is 0.355 e. The number of rotatable bonds is 1. The predicted octanol–water partition coefficient (Wildman–Crippen LogP) is 3.83. The SMILES string of the molecule is O=C(O)c1nc(Br)c(Br)c(Br)c1Br. The minimum atomic E-state index is -1.08. The highest BCUT2D eigenvalue weighted by Crippen LogP contribution is 2.36. The van der Waals surface area contributed by atoms with Crippen LogP contribution in [0.25, 0.3) is 0 Å². The van der Waals surface area contributed by atoms with E-state index in [9.17, 15) is 4.79 Å². The summed E-state index contributed by atoms with van der Waals surface area (Å²) < 4.78 is 2.14. The number of carbonyl (C=O) groups is 1. The molecule has 0 saturated carbocycles. The lowest BCUT2D eigenvalue weighted by Gasteiger charge is -2.04. The third-order valence-electron chi connectivity index (χ3n) is 1.19. The lowest BCUT2D eigenvalue weighted by molar-refractivity contribution is 0.0689. The molecule has 1 aromatic rings. The summed E-state index contributed by atoms with van der Waals surface area (Å²) in [5, 5.41) is 8.76. The van der Waals surface area contributed by atoms with E-state index < -0.39 is 5.97 Å². The Kier molecular flexibility index (Phi) is 3.91. The molecule has 0 amide bonds. The van der Waals surface area contributed by atoms with Gasteiger partial charge in [-0.2, -0.15) is 0 Å². The van der Waals surface area contributed by atoms with Gasteiger partial charge in [0.1, 0.15) is 4.60 Å². The van der Waals surface area contributed by atoms with Gasteiger partial charge in [0, 0.05) is 0 Å². The second-order valence-electron chi connectivity index (χ2n) is 2.00. The van der Waals surface area contributed by atoms with Gasteiger partial charge in [0.25, 0.3) is 0 Å². The van der Waals surface area contributed by atoms with Crippen molar-refractivity contribution < 1.29 is 9.90 Å². The molecule has 1 rings (SSSR count). The number of aromatic nitrogens is 1. The lowest BCUT2D eigenvalue weighted by Crippen LogP contribution is -2.03. The van der Waals surface area contributed by atoms with E-state index >= 15 is 0 Å². The fourth-order valence-electron chi connectivity index (χ4n) is 0.629. The first-order valence-electron chi connectivity index (χ1n) is 2.88. The number of halogens is 4. The van der Waals surface area contributed by atoms with E-state index in [0.717, 1.165) is 0 Å². The van der Waals surface area contributed by atoms with Gasteiger partial charge in [-0.3, -0.25) is 0 Å². The third kappa shape index (κ3) is 2.31. The molecule has 0 bridgehead atoms. The monoisotopic (exact) mass is 435 g/mol. The van der Waals surface area contributed by atoms with Gasteiger partial charge in [0.05, 0.1) is 13.4 Å². The van der Waals surface area contributed by atoms with Crippen LogP contribution in [-0.2, 0) is 0 Å². The van der Waals surface area contributed by atoms with Gasteiger partial charge in [-0.1, -0.05) is 0 Å². The molecule has 0 spiro atoms. The van der Waals surface area contributed by atoms with Crippen molar-refractivity contribution in [3.8, 4) is 0 Å². The molecule has 0 unspecified atom stereocenters. The van der Waals surface area contributed by atoms with Crippen molar-refractivity contribution in [2.75, 3.05) is 0 Å². The highest BCUT2D eigenvalue weighted by atomic mass is 79.9. The fourth-order valence-corrected chi connectivity index (χ4v) is 2.66. The van der Waals surface area contributed by atoms with Crippen LogP contribution in [0.4, 0.5) is 0 Å². The van der Waals surface area contributed by atoms with Crippen molar-refractivity contribution in [2.24, 2.45) is 0 Å². The standard InChI is InChI=1S/C6HBr4NO2/c7-1-2(8)4(6(12)13)11-5(10)3(1)9/h(H,12,13). The Morgan fingerprint density at radius 1 is 1.08 bits per heavy atom. The summed E-state index contributed by atoms with van der Waals surface area (Å²) in [7, 11) is 0. The van der Waals surface area contributed by atoms with Gasteiger partial charge < -0.3 is 5.11 Å². The van der Waals surface area contributed by atoms with Crippen molar-refractivity contribution in [3.05, 3.63) is 23.7 Å². The number of nitrogens with zero attached hydrogens (tertiary/aromatic N) is 1. The van der Waals surface area contributed by atoms with E-state index in [4.69, 9.17) is 5.11 Å². The Balaban J connectivity index is 3.50. The zero-order valence-corrected chi connectivity index (χ0v) is 12.2. The molecule has 0 aromatic carbocycles. The summed E-state index contributed by atoms with van der Waals surface area (Å²) in [5.41, 5.74) is -0.0399. The molecule has 0 aliphatic rings. The fraction of sp³-hybridized carbons (Fsp3) is 0. The topological polar surface area (TPSA) is 50.2 Å². The van der Waals surface area contributed by atoms with Crippen LogP contribution in [0, 0.1) is 0 Å². The molecule has 1 heterocycles. The van der Waals surface area contributed by atoms with Crippen LogP contribution in [0.3, 0.4) is 0 Å². The maximum Gasteiger partial charge on any atom is 0.355 e. The molecule has 0 aliphatic heterocycles. The summed E-state index contributed by atoms with van der Waals surface area (Å²) in [5.74, 6) is -1.08. The third-order valence-corrected chi connectivity index (χ3v) is 5.69. The van der Waals surface area contributed by atoms with Crippen LogP contribution in [0.15, 0.2) is 18.0 Å². The van der Waals surface area contributed by atoms with Gasteiger partial charge in [-0.25, -0.2) is 9.78 Å². The highest BCUT2D eigenvalue weighted by Gasteiger charge is 2.17. The minimum Gasteiger partial charge on any atom is -0.476 e. The minimum absolute atomic E-state index is 0.0399. The Hall–Kier alpha value is 0.540. The molecular formula is C6HBr4NO2. The zero-order valence-electron chi connectivity index (χ0n) is 5.81. The molecule has 1 N–H and O–H groups in total. The summed E-state index contributed by atoms with van der Waals surface area (Å²) in [6.45, 7) is 0. The lowest BCUT2D eigenvalue weighted by atomic mass is 10.3. The Morgan fingerprint density at radius 3 is 2.08 bits per heavy atom. The van der Waals surface area contributed by atoms with Crippen LogP contribution in [0.5, 0.6) is 0 Å². The molecule has 0 fully saturated rings. The first-order chi connectivity index (χ1) is 5.95. The maximum atomic E-state index is 10.7. The number of carboxylic acid groups (broad SMARTS) is 1. The first-order valence-corrected chi connectivity index (χ1v) is 6.05. The quantitative estimate of drug-likeness (QED) is 0.678. The predicted molar refractivity (Wildman–Crippen MR) is 62.0 cm³/mol. The van der Waals surface area contributed by atoms with E-state index in [1.54, 1.807) is 0 Å². The molecule has 1 aromatic heterocycles. The van der Waals surface area contributed by atoms with Crippen molar-refractivity contribution in [2.45, 2.75) is 0 Å². The van der Waals surface area contributed by atoms with Gasteiger partial charge in [0.2, 0.25) is 0 Å². The molecule has 0 atom stereocenters. The largest absolute Gasteiger partial charge is 0.476 e. The van der Waals surface area contributed by atoms with Crippen LogP contribution in [-0.4, -0.2) is 16.1 Å².